The number of fused-ring (bicyclic) bond motifs is 1. The molecule has 2 aromatic rings. The van der Waals surface area contributed by atoms with Gasteiger partial charge in [0.1, 0.15) is 11.0 Å². The van der Waals surface area contributed by atoms with E-state index in [1.807, 2.05) is 19.1 Å². The first-order valence-electron chi connectivity index (χ1n) is 3.36. The van der Waals surface area contributed by atoms with Crippen LogP contribution in [-0.2, 0) is 0 Å². The summed E-state index contributed by atoms with van der Waals surface area (Å²) in [6.07, 6.45) is 0. The molecule has 0 atom stereocenters. The second-order valence-corrected chi connectivity index (χ2v) is 3.92. The van der Waals surface area contributed by atoms with Gasteiger partial charge < -0.3 is 0 Å². The van der Waals surface area contributed by atoms with E-state index in [-0.39, 0.29) is 0 Å². The fourth-order valence-corrected chi connectivity index (χ4v) is 1.60. The fraction of sp³-hybridized carbons (Fsp3) is 0.143. The van der Waals surface area contributed by atoms with Gasteiger partial charge in [0.2, 0.25) is 0 Å². The number of aromatic nitrogens is 3. The van der Waals surface area contributed by atoms with Crippen molar-refractivity contribution >= 4 is 39.8 Å². The lowest BCUT2D eigenvalue weighted by Gasteiger charge is -1.96. The second-order valence-electron chi connectivity index (χ2n) is 2.40. The number of rotatable bonds is 0. The first-order chi connectivity index (χ1) is 5.68. The molecule has 0 aromatic carbocycles. The van der Waals surface area contributed by atoms with Gasteiger partial charge in [-0.2, -0.15) is 5.10 Å². The van der Waals surface area contributed by atoms with Gasteiger partial charge in [-0.05, 0) is 41.6 Å². The van der Waals surface area contributed by atoms with Gasteiger partial charge in [0, 0.05) is 0 Å². The third-order valence-corrected chi connectivity index (χ3v) is 3.05. The number of hydrogen-bond acceptors (Lipinski definition) is 2. The van der Waals surface area contributed by atoms with E-state index in [0.717, 1.165) is 15.0 Å². The lowest BCUT2D eigenvalue weighted by Crippen LogP contribution is -1.91. The summed E-state index contributed by atoms with van der Waals surface area (Å²) in [6.45, 7) is 1.84. The van der Waals surface area contributed by atoms with Crippen molar-refractivity contribution in [2.45, 2.75) is 6.92 Å². The SMILES string of the molecule is Cc1nc2ccc(I)c(Cl)n2n1. The Bertz CT molecular complexity index is 437. The monoisotopic (exact) mass is 293 g/mol. The molecule has 0 saturated heterocycles. The lowest BCUT2D eigenvalue weighted by molar-refractivity contribution is 0.927. The molecule has 2 rings (SSSR count). The van der Waals surface area contributed by atoms with Crippen LogP contribution in [0.15, 0.2) is 12.1 Å². The van der Waals surface area contributed by atoms with E-state index in [1.54, 1.807) is 4.52 Å². The van der Waals surface area contributed by atoms with Crippen LogP contribution in [0, 0.1) is 10.5 Å². The smallest absolute Gasteiger partial charge is 0.157 e. The number of halogens is 2. The molecule has 62 valence electrons. The van der Waals surface area contributed by atoms with Crippen molar-refractivity contribution in [3.63, 3.8) is 0 Å². The molecule has 3 nitrogen and oxygen atoms in total. The van der Waals surface area contributed by atoms with Crippen molar-refractivity contribution in [3.8, 4) is 0 Å². The summed E-state index contributed by atoms with van der Waals surface area (Å²) in [5.74, 6) is 0.735. The lowest BCUT2D eigenvalue weighted by atomic mass is 10.5. The maximum atomic E-state index is 5.99. The van der Waals surface area contributed by atoms with Gasteiger partial charge in [0.15, 0.2) is 5.65 Å². The number of pyridine rings is 1. The number of nitrogens with zero attached hydrogens (tertiary/aromatic N) is 3. The van der Waals surface area contributed by atoms with Gasteiger partial charge in [-0.25, -0.2) is 9.50 Å². The Hall–Kier alpha value is -0.360. The van der Waals surface area contributed by atoms with E-state index < -0.39 is 0 Å². The average Bonchev–Trinajstić information content (AvgIpc) is 2.39. The molecule has 0 spiro atoms. The van der Waals surface area contributed by atoms with Crippen LogP contribution in [0.2, 0.25) is 5.15 Å². The van der Waals surface area contributed by atoms with Crippen molar-refractivity contribution < 1.29 is 0 Å². The minimum atomic E-state index is 0.619. The molecule has 5 heteroatoms. The number of hydrogen-bond donors (Lipinski definition) is 0. The molecular formula is C7H5ClIN3. The Morgan fingerprint density at radius 3 is 3.00 bits per heavy atom. The highest BCUT2D eigenvalue weighted by Gasteiger charge is 2.05. The highest BCUT2D eigenvalue weighted by atomic mass is 127. The van der Waals surface area contributed by atoms with Crippen LogP contribution in [-0.4, -0.2) is 14.6 Å². The Balaban J connectivity index is 2.89. The Morgan fingerprint density at radius 1 is 1.50 bits per heavy atom. The quantitative estimate of drug-likeness (QED) is 0.551. The highest BCUT2D eigenvalue weighted by molar-refractivity contribution is 14.1. The zero-order valence-electron chi connectivity index (χ0n) is 6.25. The van der Waals surface area contributed by atoms with E-state index in [1.165, 1.54) is 0 Å². The van der Waals surface area contributed by atoms with Crippen LogP contribution in [0.5, 0.6) is 0 Å². The van der Waals surface area contributed by atoms with Gasteiger partial charge in [0.05, 0.1) is 3.57 Å². The molecule has 0 bridgehead atoms. The molecule has 12 heavy (non-hydrogen) atoms. The maximum absolute atomic E-state index is 5.99. The molecule has 0 fully saturated rings. The first kappa shape index (κ1) is 8.25. The summed E-state index contributed by atoms with van der Waals surface area (Å²) in [4.78, 5) is 4.18. The molecule has 0 N–H and O–H groups in total. The van der Waals surface area contributed by atoms with Crippen molar-refractivity contribution in [2.24, 2.45) is 0 Å². The van der Waals surface area contributed by atoms with Crippen LogP contribution < -0.4 is 0 Å². The van der Waals surface area contributed by atoms with Crippen molar-refractivity contribution in [1.82, 2.24) is 14.6 Å². The predicted molar refractivity (Wildman–Crippen MR) is 55.5 cm³/mol. The molecule has 0 aliphatic carbocycles. The third kappa shape index (κ3) is 1.19. The van der Waals surface area contributed by atoms with Gasteiger partial charge in [-0.15, -0.1) is 0 Å². The summed E-state index contributed by atoms with van der Waals surface area (Å²) in [5.41, 5.74) is 0.790. The third-order valence-electron chi connectivity index (χ3n) is 1.50. The summed E-state index contributed by atoms with van der Waals surface area (Å²) in [5, 5.41) is 4.76. The molecule has 0 radical (unpaired) electrons. The van der Waals surface area contributed by atoms with Gasteiger partial charge in [-0.3, -0.25) is 0 Å². The van der Waals surface area contributed by atoms with E-state index in [4.69, 9.17) is 11.6 Å². The van der Waals surface area contributed by atoms with Crippen molar-refractivity contribution in [3.05, 3.63) is 26.7 Å². The largest absolute Gasteiger partial charge is 0.212 e. The average molecular weight is 293 g/mol. The van der Waals surface area contributed by atoms with Crippen LogP contribution in [0.3, 0.4) is 0 Å². The zero-order chi connectivity index (χ0) is 8.72. The molecule has 0 saturated carbocycles. The Morgan fingerprint density at radius 2 is 2.25 bits per heavy atom. The summed E-state index contributed by atoms with van der Waals surface area (Å²) < 4.78 is 2.62. The minimum absolute atomic E-state index is 0.619. The molecule has 2 aromatic heterocycles. The molecule has 0 amide bonds. The van der Waals surface area contributed by atoms with E-state index in [9.17, 15) is 0 Å². The van der Waals surface area contributed by atoms with Gasteiger partial charge in [0.25, 0.3) is 0 Å². The van der Waals surface area contributed by atoms with Gasteiger partial charge >= 0.3 is 0 Å². The van der Waals surface area contributed by atoms with E-state index in [2.05, 4.69) is 32.7 Å². The zero-order valence-corrected chi connectivity index (χ0v) is 9.17. The van der Waals surface area contributed by atoms with Crippen LogP contribution >= 0.6 is 34.2 Å². The predicted octanol–water partition coefficient (Wildman–Crippen LogP) is 2.30. The molecule has 0 aliphatic rings. The van der Waals surface area contributed by atoms with Crippen LogP contribution in [0.25, 0.3) is 5.65 Å². The van der Waals surface area contributed by atoms with Gasteiger partial charge in [-0.1, -0.05) is 11.6 Å². The molecular weight excluding hydrogens is 288 g/mol. The number of aryl methyl sites for hydroxylation is 1. The van der Waals surface area contributed by atoms with Crippen molar-refractivity contribution in [2.75, 3.05) is 0 Å². The topological polar surface area (TPSA) is 30.2 Å². The normalized spacial score (nSPS) is 10.9. The second kappa shape index (κ2) is 2.85. The summed E-state index contributed by atoms with van der Waals surface area (Å²) in [7, 11) is 0. The molecule has 2 heterocycles. The van der Waals surface area contributed by atoms with E-state index in [0.29, 0.717) is 5.15 Å². The summed E-state index contributed by atoms with van der Waals surface area (Å²) in [6, 6.07) is 3.82. The molecule has 0 aliphatic heterocycles. The maximum Gasteiger partial charge on any atom is 0.157 e. The fourth-order valence-electron chi connectivity index (χ4n) is 1.00. The summed E-state index contributed by atoms with van der Waals surface area (Å²) >= 11 is 8.15. The molecule has 0 unspecified atom stereocenters. The highest BCUT2D eigenvalue weighted by Crippen LogP contribution is 2.18. The van der Waals surface area contributed by atoms with Crippen molar-refractivity contribution in [1.29, 1.82) is 0 Å². The Labute approximate surface area is 87.9 Å². The first-order valence-corrected chi connectivity index (χ1v) is 4.81. The van der Waals surface area contributed by atoms with Crippen LogP contribution in [0.4, 0.5) is 0 Å². The minimum Gasteiger partial charge on any atom is -0.212 e. The van der Waals surface area contributed by atoms with E-state index >= 15 is 0 Å². The Kier molecular flexibility index (Phi) is 1.96. The standard InChI is InChI=1S/C7H5ClIN3/c1-4-10-6-3-2-5(9)7(8)12(6)11-4/h2-3H,1H3. The van der Waals surface area contributed by atoms with Crippen LogP contribution in [0.1, 0.15) is 5.82 Å².